The first kappa shape index (κ1) is 26.3. The van der Waals surface area contributed by atoms with E-state index in [4.69, 9.17) is 11.6 Å². The van der Waals surface area contributed by atoms with E-state index in [1.165, 1.54) is 30.3 Å². The molecule has 1 aliphatic heterocycles. The number of nitrogens with one attached hydrogen (secondary N) is 2. The van der Waals surface area contributed by atoms with Crippen molar-refractivity contribution in [3.05, 3.63) is 77.6 Å². The SMILES string of the molecule is O=C(O)CC(NC(=O)c1ccc(N2CCN(c3ncccn3)CC2)cc1Cl)NS(=O)(=O)c1ccccc1. The summed E-state index contributed by atoms with van der Waals surface area (Å²) in [6.45, 7) is 2.81. The number of carboxylic acids is 1. The van der Waals surface area contributed by atoms with Crippen molar-refractivity contribution >= 4 is 45.1 Å². The maximum atomic E-state index is 12.9. The summed E-state index contributed by atoms with van der Waals surface area (Å²) < 4.78 is 27.5. The Labute approximate surface area is 219 Å². The van der Waals surface area contributed by atoms with E-state index >= 15 is 0 Å². The van der Waals surface area contributed by atoms with Crippen molar-refractivity contribution < 1.29 is 23.1 Å². The molecule has 11 nitrogen and oxygen atoms in total. The van der Waals surface area contributed by atoms with Gasteiger partial charge in [0.2, 0.25) is 16.0 Å². The highest BCUT2D eigenvalue weighted by atomic mass is 35.5. The molecule has 1 fully saturated rings. The third-order valence-corrected chi connectivity index (χ3v) is 7.51. The fourth-order valence-electron chi connectivity index (χ4n) is 3.89. The first-order valence-corrected chi connectivity index (χ1v) is 13.3. The molecule has 0 saturated carbocycles. The van der Waals surface area contributed by atoms with Crippen molar-refractivity contribution in [3.8, 4) is 0 Å². The summed E-state index contributed by atoms with van der Waals surface area (Å²) in [6.07, 6.45) is 1.35. The molecule has 194 valence electrons. The lowest BCUT2D eigenvalue weighted by Gasteiger charge is -2.36. The van der Waals surface area contributed by atoms with Gasteiger partial charge in [-0.1, -0.05) is 29.8 Å². The maximum Gasteiger partial charge on any atom is 0.306 e. The summed E-state index contributed by atoms with van der Waals surface area (Å²) in [5.41, 5.74) is 0.915. The van der Waals surface area contributed by atoms with Gasteiger partial charge in [0.1, 0.15) is 6.17 Å². The number of aliphatic carboxylic acids is 1. The molecule has 1 aromatic heterocycles. The second-order valence-corrected chi connectivity index (χ2v) is 10.4. The van der Waals surface area contributed by atoms with Crippen LogP contribution in [-0.2, 0) is 14.8 Å². The topological polar surface area (TPSA) is 145 Å². The fraction of sp³-hybridized carbons (Fsp3) is 0.250. The Hall–Kier alpha value is -3.74. The van der Waals surface area contributed by atoms with Gasteiger partial charge in [-0.25, -0.2) is 18.4 Å². The number of nitrogens with zero attached hydrogens (tertiary/aromatic N) is 4. The number of carbonyl (C=O) groups is 2. The zero-order valence-electron chi connectivity index (χ0n) is 19.6. The van der Waals surface area contributed by atoms with E-state index in [1.54, 1.807) is 36.7 Å². The van der Waals surface area contributed by atoms with Crippen molar-refractivity contribution in [3.63, 3.8) is 0 Å². The van der Waals surface area contributed by atoms with Crippen LogP contribution in [0.5, 0.6) is 0 Å². The van der Waals surface area contributed by atoms with Gasteiger partial charge in [-0.3, -0.25) is 9.59 Å². The van der Waals surface area contributed by atoms with Crippen LogP contribution < -0.4 is 19.8 Å². The van der Waals surface area contributed by atoms with E-state index in [0.29, 0.717) is 32.1 Å². The number of sulfonamides is 1. The molecular formula is C24H25ClN6O5S. The van der Waals surface area contributed by atoms with Crippen LogP contribution in [0.2, 0.25) is 5.02 Å². The molecule has 0 radical (unpaired) electrons. The number of carboxylic acid groups (broad SMARTS) is 1. The summed E-state index contributed by atoms with van der Waals surface area (Å²) in [6, 6.07) is 14.2. The first-order chi connectivity index (χ1) is 17.7. The number of rotatable bonds is 9. The monoisotopic (exact) mass is 544 g/mol. The van der Waals surface area contributed by atoms with Gasteiger partial charge in [0, 0.05) is 44.3 Å². The Morgan fingerprint density at radius 2 is 1.62 bits per heavy atom. The number of halogens is 1. The minimum absolute atomic E-state index is 0.0547. The highest BCUT2D eigenvalue weighted by Crippen LogP contribution is 2.25. The van der Waals surface area contributed by atoms with Crippen LogP contribution in [0.3, 0.4) is 0 Å². The lowest BCUT2D eigenvalue weighted by molar-refractivity contribution is -0.137. The van der Waals surface area contributed by atoms with Crippen molar-refractivity contribution in [2.75, 3.05) is 36.0 Å². The molecule has 1 atom stereocenters. The molecular weight excluding hydrogens is 520 g/mol. The van der Waals surface area contributed by atoms with E-state index in [1.807, 2.05) is 0 Å². The van der Waals surface area contributed by atoms with Crippen LogP contribution in [-0.4, -0.2) is 67.7 Å². The van der Waals surface area contributed by atoms with Crippen LogP contribution in [0.25, 0.3) is 0 Å². The molecule has 1 aliphatic rings. The molecule has 3 N–H and O–H groups in total. The van der Waals surface area contributed by atoms with E-state index in [0.717, 1.165) is 5.69 Å². The lowest BCUT2D eigenvalue weighted by Crippen LogP contribution is -2.49. The summed E-state index contributed by atoms with van der Waals surface area (Å²) >= 11 is 6.41. The van der Waals surface area contributed by atoms with Crippen LogP contribution in [0.1, 0.15) is 16.8 Å². The average Bonchev–Trinajstić information content (AvgIpc) is 2.89. The molecule has 2 heterocycles. The summed E-state index contributed by atoms with van der Waals surface area (Å²) in [4.78, 5) is 36.9. The van der Waals surface area contributed by atoms with Crippen molar-refractivity contribution in [1.29, 1.82) is 0 Å². The third kappa shape index (κ3) is 6.73. The zero-order valence-corrected chi connectivity index (χ0v) is 21.2. The highest BCUT2D eigenvalue weighted by molar-refractivity contribution is 7.89. The van der Waals surface area contributed by atoms with E-state index < -0.39 is 34.5 Å². The largest absolute Gasteiger partial charge is 0.481 e. The van der Waals surface area contributed by atoms with Crippen LogP contribution in [0, 0.1) is 0 Å². The van der Waals surface area contributed by atoms with Gasteiger partial charge in [0.05, 0.1) is 21.9 Å². The van der Waals surface area contributed by atoms with Gasteiger partial charge >= 0.3 is 5.97 Å². The van der Waals surface area contributed by atoms with Crippen LogP contribution >= 0.6 is 11.6 Å². The van der Waals surface area contributed by atoms with Crippen LogP contribution in [0.4, 0.5) is 11.6 Å². The number of hydrogen-bond donors (Lipinski definition) is 3. The van der Waals surface area contributed by atoms with Gasteiger partial charge in [-0.2, -0.15) is 4.72 Å². The minimum atomic E-state index is -4.07. The molecule has 3 aromatic rings. The second kappa shape index (κ2) is 11.5. The average molecular weight is 545 g/mol. The number of aromatic nitrogens is 2. The smallest absolute Gasteiger partial charge is 0.306 e. The second-order valence-electron chi connectivity index (χ2n) is 8.25. The van der Waals surface area contributed by atoms with E-state index in [9.17, 15) is 23.1 Å². The summed E-state index contributed by atoms with van der Waals surface area (Å²) in [5.74, 6) is -1.32. The molecule has 1 unspecified atom stereocenters. The standard InChI is InChI=1S/C24H25ClN6O5S/c25-20-15-17(30-11-13-31(14-12-30)24-26-9-4-10-27-24)7-8-19(20)23(34)28-21(16-22(32)33)29-37(35,36)18-5-2-1-3-6-18/h1-10,15,21,29H,11-14,16H2,(H,28,34)(H,32,33). The van der Waals surface area contributed by atoms with Gasteiger partial charge in [0.15, 0.2) is 0 Å². The molecule has 1 amide bonds. The normalized spacial score (nSPS) is 14.7. The molecule has 0 bridgehead atoms. The van der Waals surface area contributed by atoms with Gasteiger partial charge in [0.25, 0.3) is 5.91 Å². The Bertz CT molecular complexity index is 1350. The van der Waals surface area contributed by atoms with E-state index in [-0.39, 0.29) is 15.5 Å². The number of piperazine rings is 1. The Kier molecular flexibility index (Phi) is 8.21. The van der Waals surface area contributed by atoms with E-state index in [2.05, 4.69) is 29.8 Å². The number of carbonyl (C=O) groups excluding carboxylic acids is 1. The molecule has 4 rings (SSSR count). The molecule has 37 heavy (non-hydrogen) atoms. The van der Waals surface area contributed by atoms with Crippen molar-refractivity contribution in [1.82, 2.24) is 20.0 Å². The van der Waals surface area contributed by atoms with Crippen molar-refractivity contribution in [2.24, 2.45) is 0 Å². The zero-order chi connectivity index (χ0) is 26.4. The predicted molar refractivity (Wildman–Crippen MR) is 138 cm³/mol. The Morgan fingerprint density at radius 1 is 0.973 bits per heavy atom. The number of hydrogen-bond acceptors (Lipinski definition) is 8. The highest BCUT2D eigenvalue weighted by Gasteiger charge is 2.25. The third-order valence-electron chi connectivity index (χ3n) is 5.71. The van der Waals surface area contributed by atoms with Gasteiger partial charge in [-0.15, -0.1) is 0 Å². The Balaban J connectivity index is 1.42. The molecule has 0 spiro atoms. The molecule has 1 saturated heterocycles. The summed E-state index contributed by atoms with van der Waals surface area (Å²) in [5, 5.41) is 11.8. The minimum Gasteiger partial charge on any atom is -0.481 e. The molecule has 0 aliphatic carbocycles. The van der Waals surface area contributed by atoms with Crippen molar-refractivity contribution in [2.45, 2.75) is 17.5 Å². The first-order valence-electron chi connectivity index (χ1n) is 11.4. The van der Waals surface area contributed by atoms with Gasteiger partial charge < -0.3 is 20.2 Å². The molecule has 13 heteroatoms. The van der Waals surface area contributed by atoms with Crippen LogP contribution in [0.15, 0.2) is 71.9 Å². The quantitative estimate of drug-likeness (QED) is 0.344. The summed E-state index contributed by atoms with van der Waals surface area (Å²) in [7, 11) is -4.07. The van der Waals surface area contributed by atoms with Gasteiger partial charge in [-0.05, 0) is 36.4 Å². The maximum absolute atomic E-state index is 12.9. The lowest BCUT2D eigenvalue weighted by atomic mass is 10.1. The Morgan fingerprint density at radius 3 is 2.24 bits per heavy atom. The number of benzene rings is 2. The number of anilines is 2. The number of amides is 1. The predicted octanol–water partition coefficient (Wildman–Crippen LogP) is 1.97. The fourth-order valence-corrected chi connectivity index (χ4v) is 5.32. The molecule has 2 aromatic carbocycles.